The largest absolute Gasteiger partial charge is 0.505 e. The number of hydrogen-bond acceptors (Lipinski definition) is 4. The Morgan fingerprint density at radius 3 is 2.61 bits per heavy atom. The first-order valence-electron chi connectivity index (χ1n) is 10.7. The fraction of sp³-hybridized carbons (Fsp3) is 0.192. The molecule has 0 aliphatic rings. The van der Waals surface area contributed by atoms with Gasteiger partial charge in [-0.15, -0.1) is 0 Å². The van der Waals surface area contributed by atoms with Gasteiger partial charge >= 0.3 is 0 Å². The molecule has 0 saturated heterocycles. The highest BCUT2D eigenvalue weighted by Crippen LogP contribution is 2.26. The van der Waals surface area contributed by atoms with Crippen molar-refractivity contribution < 1.29 is 13.9 Å². The Bertz CT molecular complexity index is 1240. The number of hydrogen-bond donors (Lipinski definition) is 2. The number of aromatic nitrogens is 1. The van der Waals surface area contributed by atoms with E-state index < -0.39 is 17.4 Å². The summed E-state index contributed by atoms with van der Waals surface area (Å²) in [6.45, 7) is 2.17. The number of nitrogens with one attached hydrogen (secondary N) is 1. The molecular formula is C26H24ClF2N3O. The first-order chi connectivity index (χ1) is 16.0. The van der Waals surface area contributed by atoms with Crippen molar-refractivity contribution in [3.8, 4) is 5.75 Å². The first-order valence-corrected chi connectivity index (χ1v) is 11.1. The van der Waals surface area contributed by atoms with E-state index in [4.69, 9.17) is 11.6 Å². The minimum absolute atomic E-state index is 0.228. The second-order valence-corrected chi connectivity index (χ2v) is 8.33. The molecule has 7 heteroatoms. The third-order valence-electron chi connectivity index (χ3n) is 5.42. The Labute approximate surface area is 196 Å². The van der Waals surface area contributed by atoms with E-state index in [1.54, 1.807) is 6.20 Å². The van der Waals surface area contributed by atoms with Crippen molar-refractivity contribution in [2.24, 2.45) is 0 Å². The highest BCUT2D eigenvalue weighted by Gasteiger charge is 2.15. The van der Waals surface area contributed by atoms with Crippen LogP contribution in [0, 0.1) is 11.6 Å². The Morgan fingerprint density at radius 1 is 0.970 bits per heavy atom. The van der Waals surface area contributed by atoms with Crippen molar-refractivity contribution in [2.75, 3.05) is 18.4 Å². The summed E-state index contributed by atoms with van der Waals surface area (Å²) >= 11 is 6.07. The molecule has 0 atom stereocenters. The zero-order valence-corrected chi connectivity index (χ0v) is 18.7. The molecule has 1 aromatic heterocycles. The number of aromatic hydroxyl groups is 1. The first kappa shape index (κ1) is 23.0. The summed E-state index contributed by atoms with van der Waals surface area (Å²) < 4.78 is 27.6. The molecule has 0 radical (unpaired) electrons. The average Bonchev–Trinajstić information content (AvgIpc) is 2.80. The number of phenols is 1. The van der Waals surface area contributed by atoms with Gasteiger partial charge in [0.15, 0.2) is 11.6 Å². The second-order valence-electron chi connectivity index (χ2n) is 7.89. The monoisotopic (exact) mass is 467 g/mol. The lowest BCUT2D eigenvalue weighted by Gasteiger charge is -2.23. The molecule has 0 aliphatic carbocycles. The van der Waals surface area contributed by atoms with E-state index in [2.05, 4.69) is 15.2 Å². The maximum Gasteiger partial charge on any atom is 0.168 e. The molecule has 0 fully saturated rings. The minimum Gasteiger partial charge on any atom is -0.505 e. The van der Waals surface area contributed by atoms with Crippen LogP contribution in [0.15, 0.2) is 72.9 Å². The fourth-order valence-electron chi connectivity index (χ4n) is 3.84. The molecule has 0 aliphatic heterocycles. The molecule has 1 heterocycles. The van der Waals surface area contributed by atoms with Gasteiger partial charge in [-0.25, -0.2) is 8.78 Å². The highest BCUT2D eigenvalue weighted by atomic mass is 35.5. The van der Waals surface area contributed by atoms with Crippen LogP contribution in [0.4, 0.5) is 14.5 Å². The van der Waals surface area contributed by atoms with Crippen LogP contribution in [0.2, 0.25) is 5.02 Å². The summed E-state index contributed by atoms with van der Waals surface area (Å²) in [5.41, 5.74) is 3.10. The summed E-state index contributed by atoms with van der Waals surface area (Å²) in [4.78, 5) is 6.42. The predicted molar refractivity (Wildman–Crippen MR) is 128 cm³/mol. The third kappa shape index (κ3) is 5.97. The Balaban J connectivity index is 1.43. The molecule has 3 aromatic carbocycles. The number of benzene rings is 3. The normalized spacial score (nSPS) is 11.3. The average molecular weight is 468 g/mol. The molecular weight excluding hydrogens is 444 g/mol. The smallest absolute Gasteiger partial charge is 0.168 e. The van der Waals surface area contributed by atoms with Crippen LogP contribution in [0.25, 0.3) is 10.9 Å². The molecule has 0 bridgehead atoms. The van der Waals surface area contributed by atoms with Crippen molar-refractivity contribution in [3.05, 3.63) is 101 Å². The van der Waals surface area contributed by atoms with Gasteiger partial charge in [-0.05, 0) is 42.3 Å². The zero-order chi connectivity index (χ0) is 23.2. The quantitative estimate of drug-likeness (QED) is 0.280. The van der Waals surface area contributed by atoms with Crippen LogP contribution < -0.4 is 5.32 Å². The summed E-state index contributed by atoms with van der Waals surface area (Å²) in [5.74, 6) is -2.16. The van der Waals surface area contributed by atoms with Crippen molar-refractivity contribution in [2.45, 2.75) is 19.5 Å². The second kappa shape index (κ2) is 10.6. The zero-order valence-electron chi connectivity index (χ0n) is 17.9. The third-order valence-corrected chi connectivity index (χ3v) is 5.66. The van der Waals surface area contributed by atoms with Crippen molar-refractivity contribution >= 4 is 28.2 Å². The lowest BCUT2D eigenvalue weighted by atomic mass is 10.1. The van der Waals surface area contributed by atoms with E-state index in [0.717, 1.165) is 28.6 Å². The van der Waals surface area contributed by atoms with E-state index in [1.165, 1.54) is 6.07 Å². The van der Waals surface area contributed by atoms with Crippen molar-refractivity contribution in [1.29, 1.82) is 0 Å². The molecule has 4 nitrogen and oxygen atoms in total. The van der Waals surface area contributed by atoms with Gasteiger partial charge in [0, 0.05) is 60.1 Å². The summed E-state index contributed by atoms with van der Waals surface area (Å²) in [6.07, 6.45) is 2.52. The van der Waals surface area contributed by atoms with E-state index in [9.17, 15) is 13.9 Å². The fourth-order valence-corrected chi connectivity index (χ4v) is 4.00. The van der Waals surface area contributed by atoms with Crippen LogP contribution in [0.5, 0.6) is 5.75 Å². The van der Waals surface area contributed by atoms with E-state index in [-0.39, 0.29) is 12.1 Å². The molecule has 4 rings (SSSR count). The summed E-state index contributed by atoms with van der Waals surface area (Å²) in [5, 5.41) is 15.2. The molecule has 0 unspecified atom stereocenters. The minimum atomic E-state index is -0.948. The van der Waals surface area contributed by atoms with Crippen LogP contribution >= 0.6 is 11.6 Å². The number of halogens is 3. The van der Waals surface area contributed by atoms with E-state index >= 15 is 0 Å². The van der Waals surface area contributed by atoms with Crippen LogP contribution in [0.1, 0.15) is 17.5 Å². The van der Waals surface area contributed by atoms with Gasteiger partial charge in [0.25, 0.3) is 0 Å². The number of phenolic OH excluding ortho intramolecular Hbond substituents is 1. The number of rotatable bonds is 9. The van der Waals surface area contributed by atoms with Gasteiger partial charge in [0.1, 0.15) is 5.82 Å². The molecule has 2 N–H and O–H groups in total. The molecule has 33 heavy (non-hydrogen) atoms. The number of pyridine rings is 1. The van der Waals surface area contributed by atoms with Gasteiger partial charge in [0.2, 0.25) is 0 Å². The van der Waals surface area contributed by atoms with E-state index in [1.807, 2.05) is 54.6 Å². The number of nitrogens with zero attached hydrogens (tertiary/aromatic N) is 2. The van der Waals surface area contributed by atoms with Gasteiger partial charge in [0.05, 0.1) is 5.52 Å². The van der Waals surface area contributed by atoms with Crippen LogP contribution in [-0.4, -0.2) is 28.1 Å². The van der Waals surface area contributed by atoms with Crippen molar-refractivity contribution in [1.82, 2.24) is 9.88 Å². The highest BCUT2D eigenvalue weighted by molar-refractivity contribution is 6.31. The lowest BCUT2D eigenvalue weighted by molar-refractivity contribution is 0.250. The van der Waals surface area contributed by atoms with Crippen LogP contribution in [0.3, 0.4) is 0 Å². The molecule has 0 spiro atoms. The maximum absolute atomic E-state index is 13.8. The summed E-state index contributed by atoms with van der Waals surface area (Å²) in [7, 11) is 0. The van der Waals surface area contributed by atoms with E-state index in [0.29, 0.717) is 30.7 Å². The molecule has 4 aromatic rings. The SMILES string of the molecule is Oc1c(F)cc(F)cc1CN(CCCNc1ccnc2cc(Cl)ccc12)Cc1ccccc1. The van der Waals surface area contributed by atoms with Crippen molar-refractivity contribution in [3.63, 3.8) is 0 Å². The Morgan fingerprint density at radius 2 is 1.79 bits per heavy atom. The van der Waals surface area contributed by atoms with Crippen LogP contribution in [-0.2, 0) is 13.1 Å². The molecule has 0 saturated carbocycles. The Kier molecular flexibility index (Phi) is 7.37. The molecule has 0 amide bonds. The van der Waals surface area contributed by atoms with Gasteiger partial charge in [-0.3, -0.25) is 9.88 Å². The topological polar surface area (TPSA) is 48.4 Å². The predicted octanol–water partition coefficient (Wildman–Crippen LogP) is 6.38. The Hall–Kier alpha value is -3.22. The standard InChI is InChI=1S/C26H24ClF2N3O/c27-20-7-8-22-24(9-11-31-25(22)14-20)30-10-4-12-32(16-18-5-2-1-3-6-18)17-19-13-21(28)15-23(29)26(19)33/h1-3,5-9,11,13-15,33H,4,10,12,16-17H2,(H,30,31). The maximum atomic E-state index is 13.8. The number of anilines is 1. The lowest BCUT2D eigenvalue weighted by Crippen LogP contribution is -2.25. The summed E-state index contributed by atoms with van der Waals surface area (Å²) in [6, 6.07) is 19.3. The van der Waals surface area contributed by atoms with Gasteiger partial charge < -0.3 is 10.4 Å². The van der Waals surface area contributed by atoms with Gasteiger partial charge in [-0.2, -0.15) is 0 Å². The molecule has 170 valence electrons. The number of fused-ring (bicyclic) bond motifs is 1. The van der Waals surface area contributed by atoms with Gasteiger partial charge in [-0.1, -0.05) is 41.9 Å².